The van der Waals surface area contributed by atoms with Crippen LogP contribution in [0.4, 0.5) is 13.2 Å². The van der Waals surface area contributed by atoms with Crippen LogP contribution < -0.4 is 0 Å². The molecule has 0 fully saturated rings. The minimum atomic E-state index is -4.49. The lowest BCUT2D eigenvalue weighted by atomic mass is 10.2. The van der Waals surface area contributed by atoms with E-state index in [-0.39, 0.29) is 15.0 Å². The van der Waals surface area contributed by atoms with E-state index in [1.807, 2.05) is 0 Å². The predicted molar refractivity (Wildman–Crippen MR) is 59.9 cm³/mol. The quantitative estimate of drug-likeness (QED) is 0.750. The van der Waals surface area contributed by atoms with Gasteiger partial charge in [0.2, 0.25) is 0 Å². The Kier molecular flexibility index (Phi) is 2.87. The van der Waals surface area contributed by atoms with Crippen LogP contribution >= 0.6 is 22.0 Å². The predicted octanol–water partition coefficient (Wildman–Crippen LogP) is 3.85. The number of hydrogen-bond acceptors (Lipinski definition) is 3. The molecule has 1 heterocycles. The third-order valence-corrected chi connectivity index (χ3v) is 4.59. The van der Waals surface area contributed by atoms with E-state index in [1.165, 1.54) is 18.2 Å². The van der Waals surface area contributed by atoms with Crippen molar-refractivity contribution in [3.05, 3.63) is 29.1 Å². The van der Waals surface area contributed by atoms with Gasteiger partial charge >= 0.3 is 6.18 Å². The lowest BCUT2D eigenvalue weighted by Gasteiger charge is -2.00. The van der Waals surface area contributed by atoms with Crippen molar-refractivity contribution in [1.29, 1.82) is 0 Å². The third-order valence-electron chi connectivity index (χ3n) is 2.06. The van der Waals surface area contributed by atoms with Gasteiger partial charge in [-0.25, -0.2) is 8.42 Å². The fraction of sp³-hybridized carbons (Fsp3) is 0.111. The molecule has 2 rings (SSSR count). The molecule has 2 nitrogen and oxygen atoms in total. The molecule has 0 saturated heterocycles. The Morgan fingerprint density at radius 2 is 1.88 bits per heavy atom. The Labute approximate surface area is 103 Å². The first kappa shape index (κ1) is 12.7. The zero-order valence-corrected chi connectivity index (χ0v) is 10.3. The fourth-order valence-electron chi connectivity index (χ4n) is 1.39. The number of rotatable bonds is 1. The number of fused-ring (bicyclic) bond motifs is 1. The minimum Gasteiger partial charge on any atom is -0.207 e. The number of alkyl halides is 3. The van der Waals surface area contributed by atoms with Crippen LogP contribution in [0, 0.1) is 0 Å². The zero-order chi connectivity index (χ0) is 12.8. The molecule has 8 heteroatoms. The summed E-state index contributed by atoms with van der Waals surface area (Å²) in [5.74, 6) is 0. The maximum atomic E-state index is 12.5. The van der Waals surface area contributed by atoms with Crippen LogP contribution in [0.2, 0.25) is 0 Å². The number of hydrogen-bond donors (Lipinski definition) is 0. The van der Waals surface area contributed by atoms with Crippen molar-refractivity contribution in [2.45, 2.75) is 11.1 Å². The molecule has 0 amide bonds. The van der Waals surface area contributed by atoms with Crippen LogP contribution in [0.15, 0.2) is 29.2 Å². The van der Waals surface area contributed by atoms with E-state index in [9.17, 15) is 21.6 Å². The number of benzene rings is 1. The van der Waals surface area contributed by atoms with Gasteiger partial charge in [-0.05, 0) is 18.2 Å². The second-order valence-corrected chi connectivity index (χ2v) is 6.83. The van der Waals surface area contributed by atoms with Crippen LogP contribution in [-0.4, -0.2) is 8.42 Å². The summed E-state index contributed by atoms with van der Waals surface area (Å²) in [6, 6.07) is 4.75. The van der Waals surface area contributed by atoms with Crippen molar-refractivity contribution in [2.24, 2.45) is 0 Å². The Balaban J connectivity index is 2.79. The molecule has 17 heavy (non-hydrogen) atoms. The molecule has 0 aliphatic carbocycles. The highest BCUT2D eigenvalue weighted by Crippen LogP contribution is 2.40. The van der Waals surface area contributed by atoms with Gasteiger partial charge in [-0.1, -0.05) is 6.07 Å². The molecule has 0 aliphatic rings. The van der Waals surface area contributed by atoms with Crippen LogP contribution in [0.25, 0.3) is 10.1 Å². The molecule has 0 aliphatic heterocycles. The summed E-state index contributed by atoms with van der Waals surface area (Å²) in [7, 11) is 1.11. The SMILES string of the molecule is O=S(=O)(Cl)c1cccc2sc(C(F)(F)F)cc12. The molecule has 1 aromatic carbocycles. The first-order valence-electron chi connectivity index (χ1n) is 4.24. The molecular weight excluding hydrogens is 297 g/mol. The molecule has 1 aromatic heterocycles. The average Bonchev–Trinajstić information content (AvgIpc) is 2.57. The van der Waals surface area contributed by atoms with E-state index in [4.69, 9.17) is 10.7 Å². The fourth-order valence-corrected chi connectivity index (χ4v) is 3.48. The van der Waals surface area contributed by atoms with Gasteiger partial charge in [-0.3, -0.25) is 0 Å². The second kappa shape index (κ2) is 3.86. The number of halogens is 4. The van der Waals surface area contributed by atoms with E-state index in [0.29, 0.717) is 11.3 Å². The lowest BCUT2D eigenvalue weighted by Crippen LogP contribution is -2.00. The smallest absolute Gasteiger partial charge is 0.207 e. The highest BCUT2D eigenvalue weighted by atomic mass is 35.7. The van der Waals surface area contributed by atoms with Crippen LogP contribution in [-0.2, 0) is 15.2 Å². The van der Waals surface area contributed by atoms with E-state index < -0.39 is 20.1 Å². The summed E-state index contributed by atoms with van der Waals surface area (Å²) in [6.45, 7) is 0. The topological polar surface area (TPSA) is 34.1 Å². The maximum absolute atomic E-state index is 12.5. The monoisotopic (exact) mass is 300 g/mol. The van der Waals surface area contributed by atoms with E-state index >= 15 is 0 Å². The molecule has 0 spiro atoms. The Hall–Kier alpha value is -0.790. The van der Waals surface area contributed by atoms with Gasteiger partial charge in [0.1, 0.15) is 4.88 Å². The Morgan fingerprint density at radius 1 is 1.24 bits per heavy atom. The summed E-state index contributed by atoms with van der Waals surface area (Å²) < 4.78 is 60.1. The second-order valence-electron chi connectivity index (χ2n) is 3.21. The highest BCUT2D eigenvalue weighted by Gasteiger charge is 2.33. The summed E-state index contributed by atoms with van der Waals surface area (Å²) >= 11 is 0.486. The summed E-state index contributed by atoms with van der Waals surface area (Å²) in [5, 5.41) is -0.000162. The van der Waals surface area contributed by atoms with Crippen molar-refractivity contribution < 1.29 is 21.6 Å². The molecule has 0 radical (unpaired) electrons. The summed E-state index contributed by atoms with van der Waals surface area (Å²) in [6.07, 6.45) is -4.49. The van der Waals surface area contributed by atoms with Gasteiger partial charge < -0.3 is 0 Å². The van der Waals surface area contributed by atoms with Crippen molar-refractivity contribution in [2.75, 3.05) is 0 Å². The molecule has 0 saturated carbocycles. The first-order valence-corrected chi connectivity index (χ1v) is 7.36. The zero-order valence-electron chi connectivity index (χ0n) is 7.95. The van der Waals surface area contributed by atoms with Crippen LogP contribution in [0.5, 0.6) is 0 Å². The number of thiophene rings is 1. The van der Waals surface area contributed by atoms with Crippen molar-refractivity contribution in [3.8, 4) is 0 Å². The van der Waals surface area contributed by atoms with Gasteiger partial charge in [0.25, 0.3) is 9.05 Å². The molecular formula is C9H4ClF3O2S2. The highest BCUT2D eigenvalue weighted by molar-refractivity contribution is 8.14. The standard InChI is InChI=1S/C9H4ClF3O2S2/c10-17(14,15)7-3-1-2-6-5(7)4-8(16-6)9(11,12)13/h1-4H. The molecule has 0 bridgehead atoms. The Morgan fingerprint density at radius 3 is 2.41 bits per heavy atom. The lowest BCUT2D eigenvalue weighted by molar-refractivity contribution is -0.134. The van der Waals surface area contributed by atoms with Crippen LogP contribution in [0.3, 0.4) is 0 Å². The molecule has 0 N–H and O–H groups in total. The van der Waals surface area contributed by atoms with Crippen molar-refractivity contribution in [3.63, 3.8) is 0 Å². The molecule has 92 valence electrons. The van der Waals surface area contributed by atoms with E-state index in [1.54, 1.807) is 0 Å². The first-order chi connectivity index (χ1) is 7.69. The van der Waals surface area contributed by atoms with E-state index in [0.717, 1.165) is 6.07 Å². The van der Waals surface area contributed by atoms with E-state index in [2.05, 4.69) is 0 Å². The van der Waals surface area contributed by atoms with Gasteiger partial charge in [0, 0.05) is 20.8 Å². The summed E-state index contributed by atoms with van der Waals surface area (Å²) in [4.78, 5) is -1.15. The third kappa shape index (κ3) is 2.41. The average molecular weight is 301 g/mol. The van der Waals surface area contributed by atoms with Gasteiger partial charge in [-0.15, -0.1) is 11.3 Å². The normalized spacial score (nSPS) is 13.2. The van der Waals surface area contributed by atoms with Crippen LogP contribution in [0.1, 0.15) is 4.88 Å². The van der Waals surface area contributed by atoms with Gasteiger partial charge in [0.15, 0.2) is 0 Å². The molecule has 0 unspecified atom stereocenters. The van der Waals surface area contributed by atoms with Crippen molar-refractivity contribution in [1.82, 2.24) is 0 Å². The van der Waals surface area contributed by atoms with Gasteiger partial charge in [0.05, 0.1) is 4.90 Å². The van der Waals surface area contributed by atoms with Crippen molar-refractivity contribution >= 4 is 41.2 Å². The van der Waals surface area contributed by atoms with Gasteiger partial charge in [-0.2, -0.15) is 13.2 Å². The minimum absolute atomic E-state index is 0.000162. The molecule has 2 aromatic rings. The largest absolute Gasteiger partial charge is 0.425 e. The summed E-state index contributed by atoms with van der Waals surface area (Å²) in [5.41, 5.74) is 0. The molecule has 0 atom stereocenters. The Bertz CT molecular complexity index is 673. The maximum Gasteiger partial charge on any atom is 0.425 e.